The Bertz CT molecular complexity index is 1090. The third-order valence-electron chi connectivity index (χ3n) is 5.74. The van der Waals surface area contributed by atoms with Crippen LogP contribution in [0.2, 0.25) is 10.0 Å². The molecule has 1 fully saturated rings. The fourth-order valence-electron chi connectivity index (χ4n) is 3.99. The average molecular weight is 460 g/mol. The lowest BCUT2D eigenvalue weighted by Gasteiger charge is -2.45. The maximum atomic E-state index is 12.5. The van der Waals surface area contributed by atoms with Crippen LogP contribution >= 0.6 is 35.0 Å². The van der Waals surface area contributed by atoms with Crippen LogP contribution in [0.25, 0.3) is 6.08 Å². The molecule has 0 spiro atoms. The van der Waals surface area contributed by atoms with Crippen molar-refractivity contribution in [2.45, 2.75) is 38.6 Å². The smallest absolute Gasteiger partial charge is 0.264 e. The molecule has 30 heavy (non-hydrogen) atoms. The van der Waals surface area contributed by atoms with Gasteiger partial charge in [0.1, 0.15) is 0 Å². The zero-order valence-electron chi connectivity index (χ0n) is 17.3. The number of anilines is 1. The van der Waals surface area contributed by atoms with Crippen molar-refractivity contribution < 1.29 is 4.79 Å². The second-order valence-corrected chi connectivity index (χ2v) is 10.2. The van der Waals surface area contributed by atoms with Gasteiger partial charge in [0, 0.05) is 18.3 Å². The maximum absolute atomic E-state index is 12.5. The highest BCUT2D eigenvalue weighted by Crippen LogP contribution is 2.43. The Morgan fingerprint density at radius 1 is 1.20 bits per heavy atom. The molecule has 0 bridgehead atoms. The zero-order chi connectivity index (χ0) is 21.6. The van der Waals surface area contributed by atoms with Crippen molar-refractivity contribution in [2.75, 3.05) is 11.9 Å². The highest BCUT2D eigenvalue weighted by molar-refractivity contribution is 8.18. The molecule has 2 aliphatic heterocycles. The van der Waals surface area contributed by atoms with Crippen LogP contribution in [0.15, 0.2) is 46.3 Å². The summed E-state index contributed by atoms with van der Waals surface area (Å²) in [6.45, 7) is 6.82. The van der Waals surface area contributed by atoms with E-state index in [0.717, 1.165) is 12.0 Å². The van der Waals surface area contributed by atoms with Crippen LogP contribution in [0.3, 0.4) is 0 Å². The molecule has 2 aromatic rings. The molecular formula is C23H23Cl2N3OS. The van der Waals surface area contributed by atoms with Crippen LogP contribution in [-0.4, -0.2) is 23.7 Å². The number of carbonyl (C=O) groups is 1. The number of hydrogen-bond acceptors (Lipinski definition) is 4. The number of rotatable bonds is 2. The van der Waals surface area contributed by atoms with Gasteiger partial charge in [-0.05, 0) is 85.5 Å². The number of thioether (sulfide) groups is 1. The number of nitrogens with one attached hydrogen (secondary N) is 1. The zero-order valence-corrected chi connectivity index (χ0v) is 19.6. The molecule has 7 heteroatoms. The number of halogens is 2. The largest absolute Gasteiger partial charge is 0.369 e. The Hall–Kier alpha value is -1.95. The van der Waals surface area contributed by atoms with Gasteiger partial charge >= 0.3 is 0 Å². The fourth-order valence-corrected chi connectivity index (χ4v) is 5.12. The number of hydrogen-bond donors (Lipinski definition) is 1. The highest BCUT2D eigenvalue weighted by atomic mass is 35.5. The minimum Gasteiger partial charge on any atom is -0.369 e. The molecule has 2 aliphatic rings. The van der Waals surface area contributed by atoms with E-state index in [9.17, 15) is 4.79 Å². The summed E-state index contributed by atoms with van der Waals surface area (Å²) in [6.07, 6.45) is 3.01. The first-order valence-electron chi connectivity index (χ1n) is 9.76. The summed E-state index contributed by atoms with van der Waals surface area (Å²) in [6, 6.07) is 11.5. The van der Waals surface area contributed by atoms with E-state index in [1.807, 2.05) is 6.08 Å². The Labute approximate surface area is 191 Å². The fraction of sp³-hybridized carbons (Fsp3) is 0.304. The van der Waals surface area contributed by atoms with Gasteiger partial charge in [0.2, 0.25) is 0 Å². The van der Waals surface area contributed by atoms with E-state index in [0.29, 0.717) is 31.7 Å². The molecule has 1 unspecified atom stereocenters. The lowest BCUT2D eigenvalue weighted by molar-refractivity contribution is -0.115. The van der Waals surface area contributed by atoms with E-state index < -0.39 is 0 Å². The van der Waals surface area contributed by atoms with Gasteiger partial charge in [0.25, 0.3) is 5.91 Å². The molecule has 1 N–H and O–H groups in total. The summed E-state index contributed by atoms with van der Waals surface area (Å²) in [5.74, 6) is 0.309. The number of nitrogens with zero attached hydrogens (tertiary/aromatic N) is 2. The Morgan fingerprint density at radius 2 is 1.97 bits per heavy atom. The molecule has 1 atom stereocenters. The predicted octanol–water partition coefficient (Wildman–Crippen LogP) is 6.61. The first-order valence-corrected chi connectivity index (χ1v) is 11.3. The Morgan fingerprint density at radius 3 is 2.70 bits per heavy atom. The van der Waals surface area contributed by atoms with E-state index in [1.54, 1.807) is 18.2 Å². The second-order valence-electron chi connectivity index (χ2n) is 8.38. The third-order valence-corrected chi connectivity index (χ3v) is 7.39. The monoisotopic (exact) mass is 459 g/mol. The van der Waals surface area contributed by atoms with E-state index in [2.05, 4.69) is 61.2 Å². The Kier molecular flexibility index (Phi) is 5.64. The van der Waals surface area contributed by atoms with Crippen LogP contribution in [-0.2, 0) is 4.79 Å². The average Bonchev–Trinajstić information content (AvgIpc) is 3.01. The highest BCUT2D eigenvalue weighted by Gasteiger charge is 2.34. The normalized spacial score (nSPS) is 23.1. The third kappa shape index (κ3) is 4.11. The molecule has 2 heterocycles. The van der Waals surface area contributed by atoms with E-state index in [-0.39, 0.29) is 11.4 Å². The molecule has 0 aromatic heterocycles. The van der Waals surface area contributed by atoms with Crippen LogP contribution < -0.4 is 10.2 Å². The molecule has 4 nitrogen and oxygen atoms in total. The van der Waals surface area contributed by atoms with Crippen molar-refractivity contribution in [3.8, 4) is 0 Å². The first kappa shape index (κ1) is 21.3. The maximum Gasteiger partial charge on any atom is 0.264 e. The summed E-state index contributed by atoms with van der Waals surface area (Å²) < 4.78 is 0. The van der Waals surface area contributed by atoms with Crippen molar-refractivity contribution in [3.05, 3.63) is 62.5 Å². The van der Waals surface area contributed by atoms with Gasteiger partial charge in [-0.15, -0.1) is 0 Å². The predicted molar refractivity (Wildman–Crippen MR) is 129 cm³/mol. The molecule has 156 valence electrons. The number of carbonyl (C=O) groups excluding carboxylic acids is 1. The number of amidine groups is 1. The number of fused-ring (bicyclic) bond motifs is 1. The quantitative estimate of drug-likeness (QED) is 0.513. The van der Waals surface area contributed by atoms with Crippen molar-refractivity contribution >= 4 is 63.5 Å². The Balaban J connectivity index is 1.60. The van der Waals surface area contributed by atoms with Crippen LogP contribution in [0, 0.1) is 0 Å². The molecule has 2 aromatic carbocycles. The van der Waals surface area contributed by atoms with Gasteiger partial charge in [-0.1, -0.05) is 36.2 Å². The molecule has 0 radical (unpaired) electrons. The molecule has 0 aliphatic carbocycles. The van der Waals surface area contributed by atoms with E-state index in [4.69, 9.17) is 23.2 Å². The summed E-state index contributed by atoms with van der Waals surface area (Å²) in [4.78, 5) is 19.9. The standard InChI is InChI=1S/C23H23Cl2N3OS/c1-13-12-23(2,3)28(4)19-8-5-14(9-16(13)19)10-20-21(29)27-22(30-20)26-15-6-7-17(24)18(25)11-15/h5-11,13H,12H2,1-4H3,(H,26,27,29)/b20-10+. The van der Waals surface area contributed by atoms with Crippen LogP contribution in [0.1, 0.15) is 44.2 Å². The summed E-state index contributed by atoms with van der Waals surface area (Å²) in [7, 11) is 2.15. The van der Waals surface area contributed by atoms with Gasteiger partial charge in [0.15, 0.2) is 5.17 Å². The van der Waals surface area contributed by atoms with Crippen LogP contribution in [0.4, 0.5) is 11.4 Å². The number of benzene rings is 2. The van der Waals surface area contributed by atoms with Gasteiger partial charge in [-0.2, -0.15) is 0 Å². The summed E-state index contributed by atoms with van der Waals surface area (Å²) in [5.41, 5.74) is 4.36. The lowest BCUT2D eigenvalue weighted by Crippen LogP contribution is -2.45. The molecule has 4 rings (SSSR count). The van der Waals surface area contributed by atoms with Crippen LogP contribution in [0.5, 0.6) is 0 Å². The molecular weight excluding hydrogens is 437 g/mol. The minimum absolute atomic E-state index is 0.128. The number of amides is 1. The van der Waals surface area contributed by atoms with Gasteiger partial charge < -0.3 is 10.2 Å². The SMILES string of the molecule is CC1CC(C)(C)N(C)c2ccc(/C=C3/SC(=Nc4ccc(Cl)c(Cl)c4)NC3=O)cc21. The van der Waals surface area contributed by atoms with Crippen molar-refractivity contribution in [1.29, 1.82) is 0 Å². The van der Waals surface area contributed by atoms with Gasteiger partial charge in [-0.25, -0.2) is 4.99 Å². The molecule has 1 saturated heterocycles. The molecule has 0 saturated carbocycles. The van der Waals surface area contributed by atoms with Gasteiger partial charge in [0.05, 0.1) is 20.6 Å². The van der Waals surface area contributed by atoms with Crippen molar-refractivity contribution in [3.63, 3.8) is 0 Å². The van der Waals surface area contributed by atoms with E-state index >= 15 is 0 Å². The van der Waals surface area contributed by atoms with Crippen molar-refractivity contribution in [2.24, 2.45) is 4.99 Å². The summed E-state index contributed by atoms with van der Waals surface area (Å²) in [5, 5.41) is 4.25. The first-order chi connectivity index (χ1) is 14.1. The summed E-state index contributed by atoms with van der Waals surface area (Å²) >= 11 is 13.3. The topological polar surface area (TPSA) is 44.7 Å². The van der Waals surface area contributed by atoms with Crippen molar-refractivity contribution in [1.82, 2.24) is 5.32 Å². The van der Waals surface area contributed by atoms with E-state index in [1.165, 1.54) is 23.0 Å². The van der Waals surface area contributed by atoms with Gasteiger partial charge in [-0.3, -0.25) is 4.79 Å². The minimum atomic E-state index is -0.150. The second kappa shape index (κ2) is 7.95. The lowest BCUT2D eigenvalue weighted by atomic mass is 9.80. The number of aliphatic imine (C=N–C) groups is 1. The molecule has 1 amide bonds.